The van der Waals surface area contributed by atoms with Crippen LogP contribution < -0.4 is 5.76 Å². The highest BCUT2D eigenvalue weighted by atomic mass is 16.5. The Morgan fingerprint density at radius 1 is 1.42 bits per heavy atom. The Balaban J connectivity index is 2.01. The molecule has 0 aliphatic heterocycles. The Morgan fingerprint density at radius 3 is 2.92 bits per heavy atom. The van der Waals surface area contributed by atoms with Gasteiger partial charge in [0.05, 0.1) is 13.7 Å². The average molecular weight is 329 g/mol. The van der Waals surface area contributed by atoms with Crippen molar-refractivity contribution < 1.29 is 18.5 Å². The zero-order valence-electron chi connectivity index (χ0n) is 13.2. The van der Waals surface area contributed by atoms with Crippen LogP contribution in [0.4, 0.5) is 0 Å². The molecule has 0 aromatic carbocycles. The van der Waals surface area contributed by atoms with Gasteiger partial charge in [0.2, 0.25) is 5.76 Å². The van der Waals surface area contributed by atoms with Crippen LogP contribution in [0.1, 0.15) is 28.8 Å². The molecule has 8 heteroatoms. The van der Waals surface area contributed by atoms with E-state index >= 15 is 0 Å². The topological polar surface area (TPSA) is 100 Å². The molecule has 0 fully saturated rings. The number of ether oxygens (including phenoxy) is 1. The molecule has 3 rings (SSSR count). The van der Waals surface area contributed by atoms with Crippen molar-refractivity contribution in [3.05, 3.63) is 58.2 Å². The Labute approximate surface area is 136 Å². The van der Waals surface area contributed by atoms with Gasteiger partial charge in [-0.3, -0.25) is 14.1 Å². The van der Waals surface area contributed by atoms with Crippen molar-refractivity contribution in [3.8, 4) is 11.4 Å². The fourth-order valence-electron chi connectivity index (χ4n) is 2.38. The van der Waals surface area contributed by atoms with E-state index in [1.54, 1.807) is 30.6 Å². The fourth-order valence-corrected chi connectivity index (χ4v) is 2.38. The summed E-state index contributed by atoms with van der Waals surface area (Å²) in [4.78, 5) is 27.6. The summed E-state index contributed by atoms with van der Waals surface area (Å²) in [5.41, 5.74) is 1.34. The largest absolute Gasteiger partial charge is 0.463 e. The van der Waals surface area contributed by atoms with Gasteiger partial charge in [0, 0.05) is 29.9 Å². The fraction of sp³-hybridized carbons (Fsp3) is 0.250. The third-order valence-corrected chi connectivity index (χ3v) is 3.54. The van der Waals surface area contributed by atoms with Crippen LogP contribution in [0.3, 0.4) is 0 Å². The number of hydrogen-bond acceptors (Lipinski definition) is 7. The summed E-state index contributed by atoms with van der Waals surface area (Å²) in [6, 6.07) is 5.08. The predicted molar refractivity (Wildman–Crippen MR) is 82.5 cm³/mol. The minimum atomic E-state index is -0.600. The molecule has 0 saturated carbocycles. The average Bonchev–Trinajstić information content (AvgIpc) is 3.19. The van der Waals surface area contributed by atoms with Crippen LogP contribution in [0.15, 0.2) is 44.3 Å². The molecule has 0 atom stereocenters. The second-order valence-electron chi connectivity index (χ2n) is 5.00. The maximum atomic E-state index is 12.0. The van der Waals surface area contributed by atoms with Crippen LogP contribution in [-0.2, 0) is 17.7 Å². The Hall–Kier alpha value is -3.16. The van der Waals surface area contributed by atoms with Gasteiger partial charge in [-0.05, 0) is 18.2 Å². The highest BCUT2D eigenvalue weighted by Crippen LogP contribution is 2.21. The molecule has 3 aromatic heterocycles. The molecule has 0 N–H and O–H groups in total. The number of carbonyl (C=O) groups excluding carboxylic acids is 1. The lowest BCUT2D eigenvalue weighted by atomic mass is 10.2. The normalized spacial score (nSPS) is 10.8. The van der Waals surface area contributed by atoms with Crippen molar-refractivity contribution in [2.75, 3.05) is 7.11 Å². The number of rotatable bonds is 5. The Kier molecular flexibility index (Phi) is 4.28. The summed E-state index contributed by atoms with van der Waals surface area (Å²) in [7, 11) is 1.28. The number of hydrogen-bond donors (Lipinski definition) is 0. The number of methoxy groups -OCH3 is 1. The van der Waals surface area contributed by atoms with E-state index in [2.05, 4.69) is 14.9 Å². The van der Waals surface area contributed by atoms with Crippen LogP contribution in [0.5, 0.6) is 0 Å². The minimum Gasteiger partial charge on any atom is -0.463 e. The number of esters is 1. The van der Waals surface area contributed by atoms with E-state index in [-0.39, 0.29) is 12.3 Å². The molecule has 0 aliphatic carbocycles. The maximum Gasteiger partial charge on any atom is 0.442 e. The molecule has 0 bridgehead atoms. The molecular formula is C16H15N3O5. The van der Waals surface area contributed by atoms with Gasteiger partial charge in [0.1, 0.15) is 5.76 Å². The van der Waals surface area contributed by atoms with Gasteiger partial charge >= 0.3 is 11.7 Å². The number of furan rings is 1. The summed E-state index contributed by atoms with van der Waals surface area (Å²) in [6.45, 7) is 2.05. The molecule has 0 unspecified atom stereocenters. The van der Waals surface area contributed by atoms with Gasteiger partial charge in [0.25, 0.3) is 0 Å². The molecule has 0 spiro atoms. The first-order chi connectivity index (χ1) is 11.6. The zero-order valence-corrected chi connectivity index (χ0v) is 13.2. The number of aryl methyl sites for hydroxylation is 1. The van der Waals surface area contributed by atoms with Gasteiger partial charge in [-0.1, -0.05) is 12.1 Å². The summed E-state index contributed by atoms with van der Waals surface area (Å²) in [5, 5.41) is 3.81. The highest BCUT2D eigenvalue weighted by molar-refractivity contribution is 5.86. The Bertz CT molecular complexity index is 907. The molecule has 124 valence electrons. The number of carbonyl (C=O) groups is 1. The van der Waals surface area contributed by atoms with Gasteiger partial charge in [0.15, 0.2) is 5.82 Å². The van der Waals surface area contributed by atoms with Crippen molar-refractivity contribution in [2.45, 2.75) is 19.9 Å². The van der Waals surface area contributed by atoms with Gasteiger partial charge in [-0.15, -0.1) is 0 Å². The third-order valence-electron chi connectivity index (χ3n) is 3.54. The lowest BCUT2D eigenvalue weighted by molar-refractivity contribution is 0.0563. The number of pyridine rings is 1. The van der Waals surface area contributed by atoms with E-state index in [1.165, 1.54) is 11.7 Å². The molecule has 0 saturated heterocycles. The van der Waals surface area contributed by atoms with Crippen molar-refractivity contribution in [1.29, 1.82) is 0 Å². The lowest BCUT2D eigenvalue weighted by Crippen LogP contribution is -2.16. The second kappa shape index (κ2) is 6.53. The van der Waals surface area contributed by atoms with Crippen LogP contribution in [0.2, 0.25) is 0 Å². The molecule has 3 aromatic rings. The quantitative estimate of drug-likeness (QED) is 0.659. The molecule has 0 radical (unpaired) electrons. The smallest absolute Gasteiger partial charge is 0.442 e. The Morgan fingerprint density at radius 2 is 2.25 bits per heavy atom. The molecule has 0 amide bonds. The van der Waals surface area contributed by atoms with Crippen molar-refractivity contribution in [2.24, 2.45) is 0 Å². The third kappa shape index (κ3) is 2.85. The summed E-state index contributed by atoms with van der Waals surface area (Å²) >= 11 is 0. The lowest BCUT2D eigenvalue weighted by Gasteiger charge is -2.04. The van der Waals surface area contributed by atoms with E-state index in [9.17, 15) is 9.59 Å². The first-order valence-electron chi connectivity index (χ1n) is 7.30. The predicted octanol–water partition coefficient (Wildman–Crippen LogP) is 1.89. The van der Waals surface area contributed by atoms with Crippen LogP contribution in [0, 0.1) is 0 Å². The molecule has 3 heterocycles. The number of nitrogens with zero attached hydrogens (tertiary/aromatic N) is 3. The molecule has 0 aliphatic rings. The van der Waals surface area contributed by atoms with E-state index in [1.807, 2.05) is 6.92 Å². The SMILES string of the molecule is CCc1oc(C(=O)OC)cc1Cn1c(-c2cccnc2)noc1=O. The zero-order chi connectivity index (χ0) is 17.1. The van der Waals surface area contributed by atoms with Crippen molar-refractivity contribution >= 4 is 5.97 Å². The summed E-state index contributed by atoms with van der Waals surface area (Å²) in [5.74, 6) is -0.119. The van der Waals surface area contributed by atoms with Crippen molar-refractivity contribution in [1.82, 2.24) is 14.7 Å². The molecule has 24 heavy (non-hydrogen) atoms. The van der Waals surface area contributed by atoms with Crippen LogP contribution >= 0.6 is 0 Å². The van der Waals surface area contributed by atoms with Crippen LogP contribution in [0.25, 0.3) is 11.4 Å². The number of aromatic nitrogens is 3. The highest BCUT2D eigenvalue weighted by Gasteiger charge is 2.20. The summed E-state index contributed by atoms with van der Waals surface area (Å²) < 4.78 is 16.3. The van der Waals surface area contributed by atoms with Gasteiger partial charge in [-0.25, -0.2) is 9.59 Å². The monoisotopic (exact) mass is 329 g/mol. The van der Waals surface area contributed by atoms with Crippen molar-refractivity contribution in [3.63, 3.8) is 0 Å². The first-order valence-corrected chi connectivity index (χ1v) is 7.30. The van der Waals surface area contributed by atoms with Gasteiger partial charge < -0.3 is 9.15 Å². The standard InChI is InChI=1S/C16H15N3O5/c1-3-12-11(7-13(23-12)15(20)22-2)9-19-14(18-24-16(19)21)10-5-4-6-17-8-10/h4-8H,3,9H2,1-2H3. The maximum absolute atomic E-state index is 12.0. The summed E-state index contributed by atoms with van der Waals surface area (Å²) in [6.07, 6.45) is 3.78. The van der Waals surface area contributed by atoms with E-state index in [4.69, 9.17) is 8.94 Å². The molecular weight excluding hydrogens is 314 g/mol. The second-order valence-corrected chi connectivity index (χ2v) is 5.00. The van der Waals surface area contributed by atoms with E-state index in [0.29, 0.717) is 29.1 Å². The van der Waals surface area contributed by atoms with Crippen LogP contribution in [-0.4, -0.2) is 27.8 Å². The van der Waals surface area contributed by atoms with Gasteiger partial charge in [-0.2, -0.15) is 0 Å². The van der Waals surface area contributed by atoms with E-state index in [0.717, 1.165) is 0 Å². The molecule has 8 nitrogen and oxygen atoms in total. The minimum absolute atomic E-state index is 0.0942. The first kappa shape index (κ1) is 15.7. The van der Waals surface area contributed by atoms with E-state index < -0.39 is 11.7 Å².